The zero-order chi connectivity index (χ0) is 18.4. The van der Waals surface area contributed by atoms with Crippen molar-refractivity contribution < 1.29 is 18.9 Å². The van der Waals surface area contributed by atoms with Gasteiger partial charge < -0.3 is 29.6 Å². The van der Waals surface area contributed by atoms with E-state index >= 15 is 0 Å². The summed E-state index contributed by atoms with van der Waals surface area (Å²) >= 11 is 0. The summed E-state index contributed by atoms with van der Waals surface area (Å²) in [5.74, 6) is 3.78. The van der Waals surface area contributed by atoms with Gasteiger partial charge in [-0.05, 0) is 29.8 Å². The van der Waals surface area contributed by atoms with Gasteiger partial charge in [0.05, 0.1) is 14.2 Å². The summed E-state index contributed by atoms with van der Waals surface area (Å²) in [6.45, 7) is 1.48. The highest BCUT2D eigenvalue weighted by molar-refractivity contribution is 5.79. The number of methoxy groups -OCH3 is 2. The average Bonchev–Trinajstić information content (AvgIpc) is 3.15. The molecule has 7 nitrogen and oxygen atoms in total. The van der Waals surface area contributed by atoms with Crippen molar-refractivity contribution >= 4 is 5.96 Å². The Labute approximate surface area is 152 Å². The van der Waals surface area contributed by atoms with Gasteiger partial charge in [-0.2, -0.15) is 0 Å². The maximum absolute atomic E-state index is 5.42. The molecule has 138 valence electrons. The Bertz CT molecular complexity index is 792. The van der Waals surface area contributed by atoms with Crippen LogP contribution in [-0.4, -0.2) is 34.0 Å². The number of rotatable bonds is 6. The first-order chi connectivity index (χ1) is 12.7. The summed E-state index contributed by atoms with van der Waals surface area (Å²) in [4.78, 5) is 4.25. The topological polar surface area (TPSA) is 73.3 Å². The number of nitrogens with zero attached hydrogens (tertiary/aromatic N) is 1. The molecule has 1 heterocycles. The maximum atomic E-state index is 5.42. The molecular weight excluding hydrogens is 334 g/mol. The quantitative estimate of drug-likeness (QED) is 0.610. The zero-order valence-electron chi connectivity index (χ0n) is 15.2. The van der Waals surface area contributed by atoms with Crippen LogP contribution in [0.4, 0.5) is 0 Å². The van der Waals surface area contributed by atoms with Gasteiger partial charge in [0.2, 0.25) is 6.79 Å². The second-order valence-corrected chi connectivity index (χ2v) is 5.64. The van der Waals surface area contributed by atoms with Gasteiger partial charge in [0.25, 0.3) is 0 Å². The minimum atomic E-state index is 0.277. The van der Waals surface area contributed by atoms with Gasteiger partial charge in [0, 0.05) is 31.8 Å². The lowest BCUT2D eigenvalue weighted by Gasteiger charge is -2.14. The number of nitrogens with one attached hydrogen (secondary N) is 2. The van der Waals surface area contributed by atoms with Crippen LogP contribution >= 0.6 is 0 Å². The Morgan fingerprint density at radius 2 is 1.81 bits per heavy atom. The first kappa shape index (κ1) is 17.7. The van der Waals surface area contributed by atoms with Crippen molar-refractivity contribution in [3.05, 3.63) is 47.5 Å². The number of hydrogen-bond donors (Lipinski definition) is 2. The predicted octanol–water partition coefficient (Wildman–Crippen LogP) is 2.30. The van der Waals surface area contributed by atoms with Crippen LogP contribution in [0, 0.1) is 0 Å². The molecule has 3 rings (SSSR count). The van der Waals surface area contributed by atoms with Gasteiger partial charge in [-0.1, -0.05) is 6.07 Å². The summed E-state index contributed by atoms with van der Waals surface area (Å²) in [6.07, 6.45) is 0. The number of benzene rings is 2. The fourth-order valence-electron chi connectivity index (χ4n) is 2.63. The Morgan fingerprint density at radius 3 is 2.58 bits per heavy atom. The molecule has 2 aromatic rings. The van der Waals surface area contributed by atoms with E-state index in [1.165, 1.54) is 0 Å². The lowest BCUT2D eigenvalue weighted by atomic mass is 10.2. The van der Waals surface area contributed by atoms with Crippen molar-refractivity contribution in [2.75, 3.05) is 28.1 Å². The lowest BCUT2D eigenvalue weighted by Crippen LogP contribution is -2.36. The zero-order valence-corrected chi connectivity index (χ0v) is 15.2. The van der Waals surface area contributed by atoms with Gasteiger partial charge in [0.1, 0.15) is 11.5 Å². The molecule has 1 aliphatic heterocycles. The average molecular weight is 357 g/mol. The molecule has 2 N–H and O–H groups in total. The second-order valence-electron chi connectivity index (χ2n) is 5.64. The van der Waals surface area contributed by atoms with Crippen LogP contribution in [0.2, 0.25) is 0 Å². The SMILES string of the molecule is CN=C(NCc1ccc2c(c1)OCO2)NCc1ccc(OC)cc1OC. The van der Waals surface area contributed by atoms with E-state index in [0.29, 0.717) is 19.0 Å². The molecule has 26 heavy (non-hydrogen) atoms. The third-order valence-corrected chi connectivity index (χ3v) is 4.06. The van der Waals surface area contributed by atoms with Crippen molar-refractivity contribution in [2.45, 2.75) is 13.1 Å². The lowest BCUT2D eigenvalue weighted by molar-refractivity contribution is 0.174. The highest BCUT2D eigenvalue weighted by Crippen LogP contribution is 2.32. The largest absolute Gasteiger partial charge is 0.497 e. The summed E-state index contributed by atoms with van der Waals surface area (Å²) < 4.78 is 21.4. The molecule has 0 aliphatic carbocycles. The highest BCUT2D eigenvalue weighted by atomic mass is 16.7. The Balaban J connectivity index is 1.57. The molecule has 0 atom stereocenters. The van der Waals surface area contributed by atoms with Crippen LogP contribution < -0.4 is 29.6 Å². The van der Waals surface area contributed by atoms with E-state index in [1.807, 2.05) is 36.4 Å². The van der Waals surface area contributed by atoms with Crippen LogP contribution in [0.5, 0.6) is 23.0 Å². The third kappa shape index (κ3) is 4.11. The summed E-state index contributed by atoms with van der Waals surface area (Å²) in [6, 6.07) is 11.6. The van der Waals surface area contributed by atoms with Gasteiger partial charge >= 0.3 is 0 Å². The fourth-order valence-corrected chi connectivity index (χ4v) is 2.63. The first-order valence-corrected chi connectivity index (χ1v) is 8.27. The summed E-state index contributed by atoms with van der Waals surface area (Å²) in [5, 5.41) is 6.57. The third-order valence-electron chi connectivity index (χ3n) is 4.06. The molecule has 0 bridgehead atoms. The minimum absolute atomic E-state index is 0.277. The van der Waals surface area contributed by atoms with Crippen molar-refractivity contribution in [1.29, 1.82) is 0 Å². The molecule has 7 heteroatoms. The molecule has 0 saturated carbocycles. The molecule has 0 saturated heterocycles. The van der Waals surface area contributed by atoms with Crippen LogP contribution in [-0.2, 0) is 13.1 Å². The van der Waals surface area contributed by atoms with Crippen molar-refractivity contribution in [1.82, 2.24) is 10.6 Å². The van der Waals surface area contributed by atoms with E-state index in [1.54, 1.807) is 21.3 Å². The Hall–Kier alpha value is -3.09. The smallest absolute Gasteiger partial charge is 0.231 e. The standard InChI is InChI=1S/C19H23N3O4/c1-20-19(21-10-13-4-7-16-18(8-13)26-12-25-16)22-11-14-5-6-15(23-2)9-17(14)24-3/h4-9H,10-12H2,1-3H3,(H2,20,21,22). The van der Waals surface area contributed by atoms with E-state index in [4.69, 9.17) is 18.9 Å². The van der Waals surface area contributed by atoms with Gasteiger partial charge in [-0.3, -0.25) is 4.99 Å². The molecule has 0 radical (unpaired) electrons. The summed E-state index contributed by atoms with van der Waals surface area (Å²) in [7, 11) is 5.01. The van der Waals surface area contributed by atoms with Crippen molar-refractivity contribution in [2.24, 2.45) is 4.99 Å². The molecule has 1 aliphatic rings. The molecule has 0 fully saturated rings. The maximum Gasteiger partial charge on any atom is 0.231 e. The van der Waals surface area contributed by atoms with E-state index < -0.39 is 0 Å². The fraction of sp³-hybridized carbons (Fsp3) is 0.316. The van der Waals surface area contributed by atoms with E-state index in [9.17, 15) is 0 Å². The van der Waals surface area contributed by atoms with Gasteiger partial charge in [-0.25, -0.2) is 0 Å². The van der Waals surface area contributed by atoms with Crippen molar-refractivity contribution in [3.63, 3.8) is 0 Å². The van der Waals surface area contributed by atoms with Crippen LogP contribution in [0.25, 0.3) is 0 Å². The van der Waals surface area contributed by atoms with E-state index in [-0.39, 0.29) is 6.79 Å². The molecule has 0 unspecified atom stereocenters. The molecular formula is C19H23N3O4. The number of aliphatic imine (C=N–C) groups is 1. The second kappa shape index (κ2) is 8.33. The molecule has 0 aromatic heterocycles. The summed E-state index contributed by atoms with van der Waals surface area (Å²) in [5.41, 5.74) is 2.10. The Morgan fingerprint density at radius 1 is 1.00 bits per heavy atom. The van der Waals surface area contributed by atoms with Crippen LogP contribution in [0.3, 0.4) is 0 Å². The van der Waals surface area contributed by atoms with Crippen LogP contribution in [0.15, 0.2) is 41.4 Å². The van der Waals surface area contributed by atoms with Gasteiger partial charge in [0.15, 0.2) is 17.5 Å². The normalized spacial score (nSPS) is 12.7. The van der Waals surface area contributed by atoms with Gasteiger partial charge in [-0.15, -0.1) is 0 Å². The number of ether oxygens (including phenoxy) is 4. The Kier molecular flexibility index (Phi) is 5.68. The van der Waals surface area contributed by atoms with Crippen molar-refractivity contribution in [3.8, 4) is 23.0 Å². The minimum Gasteiger partial charge on any atom is -0.497 e. The highest BCUT2D eigenvalue weighted by Gasteiger charge is 2.13. The predicted molar refractivity (Wildman–Crippen MR) is 99.1 cm³/mol. The number of fused-ring (bicyclic) bond motifs is 1. The van der Waals surface area contributed by atoms with E-state index in [2.05, 4.69) is 15.6 Å². The first-order valence-electron chi connectivity index (χ1n) is 8.27. The monoisotopic (exact) mass is 357 g/mol. The number of guanidine groups is 1. The van der Waals surface area contributed by atoms with E-state index in [0.717, 1.165) is 34.1 Å². The molecule has 0 amide bonds. The molecule has 2 aromatic carbocycles. The van der Waals surface area contributed by atoms with Crippen LogP contribution in [0.1, 0.15) is 11.1 Å². The number of hydrogen-bond acceptors (Lipinski definition) is 5. The molecule has 0 spiro atoms.